The van der Waals surface area contributed by atoms with Crippen molar-refractivity contribution >= 4 is 29.3 Å². The second-order valence-electron chi connectivity index (χ2n) is 6.31. The molecule has 27 heavy (non-hydrogen) atoms. The molecule has 1 aromatic carbocycles. The van der Waals surface area contributed by atoms with Crippen LogP contribution in [0, 0.1) is 13.8 Å². The number of nitrogens with one attached hydrogen (secondary N) is 1. The molecular weight excluding hydrogens is 368 g/mol. The number of Topliss-reactive ketones (excluding diaryl/α,β-unsaturated/α-hetero) is 1. The fraction of sp³-hybridized carbons (Fsp3) is 0.350. The van der Waals surface area contributed by atoms with Crippen LogP contribution in [0.4, 0.5) is 0 Å². The Bertz CT molecular complexity index is 871. The van der Waals surface area contributed by atoms with E-state index < -0.39 is 12.0 Å². The van der Waals surface area contributed by atoms with Gasteiger partial charge in [0.1, 0.15) is 5.69 Å². The molecule has 0 saturated carbocycles. The SMILES string of the molecule is CCOC(=O)c1[nH]c(C)c(C(=O)[C@@H](C)N(C)C(=O)c2ccc(Cl)cc2)c1C. The molecule has 0 unspecified atom stereocenters. The molecule has 0 fully saturated rings. The van der Waals surface area contributed by atoms with Crippen molar-refractivity contribution in [2.45, 2.75) is 33.7 Å². The van der Waals surface area contributed by atoms with Crippen LogP contribution in [0.25, 0.3) is 0 Å². The number of benzene rings is 1. The number of aromatic amines is 1. The average molecular weight is 391 g/mol. The maximum absolute atomic E-state index is 13.0. The molecule has 0 aliphatic carbocycles. The fourth-order valence-corrected chi connectivity index (χ4v) is 3.01. The molecule has 0 aliphatic heterocycles. The Morgan fingerprint density at radius 2 is 1.78 bits per heavy atom. The molecule has 0 saturated heterocycles. The van der Waals surface area contributed by atoms with Gasteiger partial charge in [-0.3, -0.25) is 9.59 Å². The largest absolute Gasteiger partial charge is 0.461 e. The van der Waals surface area contributed by atoms with Crippen LogP contribution >= 0.6 is 11.6 Å². The second kappa shape index (κ2) is 8.39. The lowest BCUT2D eigenvalue weighted by Gasteiger charge is -2.24. The Balaban J connectivity index is 2.27. The molecule has 0 radical (unpaired) electrons. The summed E-state index contributed by atoms with van der Waals surface area (Å²) in [4.78, 5) is 42.0. The standard InChI is InChI=1S/C20H23ClN2O4/c1-6-27-20(26)17-11(2)16(12(3)22-17)18(24)13(4)23(5)19(25)14-7-9-15(21)10-8-14/h7-10,13,22H,6H2,1-5H3/t13-/m1/s1. The number of esters is 1. The second-order valence-corrected chi connectivity index (χ2v) is 6.75. The number of likely N-dealkylation sites (N-methyl/N-ethyl adjacent to an activating group) is 1. The first-order valence-corrected chi connectivity index (χ1v) is 9.00. The van der Waals surface area contributed by atoms with Crippen LogP contribution in [0.3, 0.4) is 0 Å². The van der Waals surface area contributed by atoms with Gasteiger partial charge in [0.25, 0.3) is 5.91 Å². The molecular formula is C20H23ClN2O4. The highest BCUT2D eigenvalue weighted by Gasteiger charge is 2.29. The molecule has 2 rings (SSSR count). The van der Waals surface area contributed by atoms with E-state index in [-0.39, 0.29) is 24.0 Å². The highest BCUT2D eigenvalue weighted by Crippen LogP contribution is 2.22. The molecule has 1 N–H and O–H groups in total. The summed E-state index contributed by atoms with van der Waals surface area (Å²) in [6.07, 6.45) is 0. The minimum absolute atomic E-state index is 0.244. The van der Waals surface area contributed by atoms with Gasteiger partial charge in [0.15, 0.2) is 5.78 Å². The van der Waals surface area contributed by atoms with E-state index in [1.165, 1.54) is 4.90 Å². The van der Waals surface area contributed by atoms with Crippen molar-refractivity contribution in [3.8, 4) is 0 Å². The highest BCUT2D eigenvalue weighted by atomic mass is 35.5. The van der Waals surface area contributed by atoms with Gasteiger partial charge in [-0.1, -0.05) is 11.6 Å². The quantitative estimate of drug-likeness (QED) is 0.601. The Morgan fingerprint density at radius 3 is 2.33 bits per heavy atom. The van der Waals surface area contributed by atoms with Crippen LogP contribution < -0.4 is 0 Å². The van der Waals surface area contributed by atoms with E-state index in [1.807, 2.05) is 0 Å². The lowest BCUT2D eigenvalue weighted by Crippen LogP contribution is -2.40. The number of rotatable bonds is 6. The van der Waals surface area contributed by atoms with E-state index in [4.69, 9.17) is 16.3 Å². The summed E-state index contributed by atoms with van der Waals surface area (Å²) in [6, 6.07) is 5.77. The van der Waals surface area contributed by atoms with E-state index in [1.54, 1.807) is 59.0 Å². The maximum atomic E-state index is 13.0. The summed E-state index contributed by atoms with van der Waals surface area (Å²) in [5, 5.41) is 0.531. The zero-order valence-corrected chi connectivity index (χ0v) is 16.8. The Labute approximate surface area is 163 Å². The lowest BCUT2D eigenvalue weighted by atomic mass is 9.99. The first-order chi connectivity index (χ1) is 12.7. The highest BCUT2D eigenvalue weighted by molar-refractivity contribution is 6.30. The summed E-state index contributed by atoms with van der Waals surface area (Å²) in [5.41, 5.74) is 2.20. The zero-order chi connectivity index (χ0) is 20.3. The molecule has 1 aromatic heterocycles. The van der Waals surface area contributed by atoms with Gasteiger partial charge in [-0.05, 0) is 57.5 Å². The number of hydrogen-bond donors (Lipinski definition) is 1. The molecule has 6 nitrogen and oxygen atoms in total. The molecule has 1 heterocycles. The number of aromatic nitrogens is 1. The van der Waals surface area contributed by atoms with Gasteiger partial charge in [0.2, 0.25) is 0 Å². The van der Waals surface area contributed by atoms with Gasteiger partial charge in [-0.15, -0.1) is 0 Å². The minimum atomic E-state index is -0.712. The van der Waals surface area contributed by atoms with Crippen molar-refractivity contribution in [3.63, 3.8) is 0 Å². The number of carbonyl (C=O) groups excluding carboxylic acids is 3. The van der Waals surface area contributed by atoms with Crippen molar-refractivity contribution in [3.05, 3.63) is 57.4 Å². The summed E-state index contributed by atoms with van der Waals surface area (Å²) >= 11 is 5.85. The van der Waals surface area contributed by atoms with Gasteiger partial charge in [0.05, 0.1) is 12.6 Å². The molecule has 0 spiro atoms. The number of amides is 1. The molecule has 1 atom stereocenters. The minimum Gasteiger partial charge on any atom is -0.461 e. The number of nitrogens with zero attached hydrogens (tertiary/aromatic N) is 1. The Kier molecular flexibility index (Phi) is 6.44. The summed E-state index contributed by atoms with van der Waals surface area (Å²) in [7, 11) is 1.57. The van der Waals surface area contributed by atoms with E-state index in [2.05, 4.69) is 4.98 Å². The van der Waals surface area contributed by atoms with Crippen LogP contribution in [-0.4, -0.2) is 47.2 Å². The number of ether oxygens (including phenoxy) is 1. The van der Waals surface area contributed by atoms with Gasteiger partial charge in [-0.25, -0.2) is 4.79 Å². The predicted molar refractivity (Wildman–Crippen MR) is 104 cm³/mol. The lowest BCUT2D eigenvalue weighted by molar-refractivity contribution is 0.0519. The van der Waals surface area contributed by atoms with Crippen LogP contribution in [0.2, 0.25) is 5.02 Å². The zero-order valence-electron chi connectivity index (χ0n) is 16.1. The van der Waals surface area contributed by atoms with Crippen molar-refractivity contribution < 1.29 is 19.1 Å². The van der Waals surface area contributed by atoms with Crippen LogP contribution in [0.5, 0.6) is 0 Å². The number of halogens is 1. The third-order valence-electron chi connectivity index (χ3n) is 4.54. The van der Waals surface area contributed by atoms with Crippen molar-refractivity contribution in [2.75, 3.05) is 13.7 Å². The third kappa shape index (κ3) is 4.22. The fourth-order valence-electron chi connectivity index (χ4n) is 2.88. The number of H-pyrrole nitrogens is 1. The van der Waals surface area contributed by atoms with Crippen LogP contribution in [0.15, 0.2) is 24.3 Å². The molecule has 0 bridgehead atoms. The Hall–Kier alpha value is -2.60. The van der Waals surface area contributed by atoms with Gasteiger partial charge < -0.3 is 14.6 Å². The predicted octanol–water partition coefficient (Wildman–Crippen LogP) is 3.81. The Morgan fingerprint density at radius 1 is 1.19 bits per heavy atom. The van der Waals surface area contributed by atoms with E-state index in [0.29, 0.717) is 27.4 Å². The number of carbonyl (C=O) groups is 3. The van der Waals surface area contributed by atoms with Gasteiger partial charge in [-0.2, -0.15) is 0 Å². The van der Waals surface area contributed by atoms with E-state index in [0.717, 1.165) is 0 Å². The molecule has 0 aliphatic rings. The van der Waals surface area contributed by atoms with Crippen molar-refractivity contribution in [1.82, 2.24) is 9.88 Å². The average Bonchev–Trinajstić information content (AvgIpc) is 2.94. The van der Waals surface area contributed by atoms with E-state index in [9.17, 15) is 14.4 Å². The van der Waals surface area contributed by atoms with Crippen molar-refractivity contribution in [2.24, 2.45) is 0 Å². The monoisotopic (exact) mass is 390 g/mol. The molecule has 2 aromatic rings. The number of ketones is 1. The van der Waals surface area contributed by atoms with Gasteiger partial charge >= 0.3 is 5.97 Å². The summed E-state index contributed by atoms with van der Waals surface area (Å²) in [5.74, 6) is -1.04. The normalized spacial score (nSPS) is 11.8. The smallest absolute Gasteiger partial charge is 0.355 e. The molecule has 7 heteroatoms. The summed E-state index contributed by atoms with van der Waals surface area (Å²) in [6.45, 7) is 7.03. The topological polar surface area (TPSA) is 79.5 Å². The van der Waals surface area contributed by atoms with Crippen molar-refractivity contribution in [1.29, 1.82) is 0 Å². The van der Waals surface area contributed by atoms with Crippen LogP contribution in [0.1, 0.15) is 56.3 Å². The van der Waals surface area contributed by atoms with Gasteiger partial charge in [0, 0.05) is 28.9 Å². The third-order valence-corrected chi connectivity index (χ3v) is 4.79. The van der Waals surface area contributed by atoms with E-state index >= 15 is 0 Å². The number of hydrogen-bond acceptors (Lipinski definition) is 4. The number of aryl methyl sites for hydroxylation is 1. The maximum Gasteiger partial charge on any atom is 0.355 e. The first-order valence-electron chi connectivity index (χ1n) is 8.62. The molecule has 144 valence electrons. The van der Waals surface area contributed by atoms with Crippen LogP contribution in [-0.2, 0) is 4.74 Å². The summed E-state index contributed by atoms with van der Waals surface area (Å²) < 4.78 is 5.01. The first kappa shape index (κ1) is 20.7. The molecule has 1 amide bonds.